The monoisotopic (exact) mass is 298 g/mol. The maximum absolute atomic E-state index is 11.9. The summed E-state index contributed by atoms with van der Waals surface area (Å²) in [6.07, 6.45) is -0.725. The summed E-state index contributed by atoms with van der Waals surface area (Å²) in [7, 11) is 0. The molecule has 5 heteroatoms. The number of nitrogens with one attached hydrogen (secondary N) is 2. The minimum absolute atomic E-state index is 0.378. The first-order chi connectivity index (χ1) is 10.6. The van der Waals surface area contributed by atoms with Gasteiger partial charge in [0.05, 0.1) is 0 Å². The molecule has 0 aliphatic rings. The predicted molar refractivity (Wildman–Crippen MR) is 83.3 cm³/mol. The van der Waals surface area contributed by atoms with Crippen LogP contribution in [-0.2, 0) is 4.79 Å². The van der Waals surface area contributed by atoms with Crippen molar-refractivity contribution in [2.24, 2.45) is 0 Å². The normalized spacial score (nSPS) is 11.4. The Labute approximate surface area is 129 Å². The highest BCUT2D eigenvalue weighted by molar-refractivity contribution is 5.95. The van der Waals surface area contributed by atoms with Gasteiger partial charge in [-0.15, -0.1) is 0 Å². The smallest absolute Gasteiger partial charge is 0.279 e. The van der Waals surface area contributed by atoms with Gasteiger partial charge in [-0.25, -0.2) is 0 Å². The van der Waals surface area contributed by atoms with E-state index in [-0.39, 0.29) is 5.91 Å². The molecule has 0 aliphatic heterocycles. The third-order valence-electron chi connectivity index (χ3n) is 3.10. The van der Waals surface area contributed by atoms with Gasteiger partial charge in [0.25, 0.3) is 11.8 Å². The van der Waals surface area contributed by atoms with E-state index in [0.717, 1.165) is 5.56 Å². The highest BCUT2D eigenvalue weighted by atomic mass is 16.5. The molecule has 22 heavy (non-hydrogen) atoms. The first kappa shape index (κ1) is 15.6. The van der Waals surface area contributed by atoms with Crippen LogP contribution in [0.2, 0.25) is 0 Å². The lowest BCUT2D eigenvalue weighted by Crippen LogP contribution is -2.47. The minimum Gasteiger partial charge on any atom is -0.481 e. The Balaban J connectivity index is 1.87. The van der Waals surface area contributed by atoms with E-state index >= 15 is 0 Å². The van der Waals surface area contributed by atoms with Crippen LogP contribution in [0.15, 0.2) is 54.6 Å². The third-order valence-corrected chi connectivity index (χ3v) is 3.10. The number of rotatable bonds is 4. The zero-order valence-electron chi connectivity index (χ0n) is 12.5. The first-order valence-electron chi connectivity index (χ1n) is 6.95. The van der Waals surface area contributed by atoms with Gasteiger partial charge in [0.1, 0.15) is 5.75 Å². The summed E-state index contributed by atoms with van der Waals surface area (Å²) in [4.78, 5) is 23.8. The fourth-order valence-corrected chi connectivity index (χ4v) is 1.81. The van der Waals surface area contributed by atoms with E-state index in [1.165, 1.54) is 0 Å². The Morgan fingerprint density at radius 1 is 0.955 bits per heavy atom. The van der Waals surface area contributed by atoms with Crippen LogP contribution in [0.1, 0.15) is 22.8 Å². The zero-order chi connectivity index (χ0) is 15.9. The number of hydrazine groups is 1. The van der Waals surface area contributed by atoms with Crippen LogP contribution in [0, 0.1) is 6.92 Å². The van der Waals surface area contributed by atoms with Crippen LogP contribution in [0.4, 0.5) is 0 Å². The fourth-order valence-electron chi connectivity index (χ4n) is 1.81. The molecular formula is C17H18N2O3. The minimum atomic E-state index is -0.725. The Morgan fingerprint density at radius 3 is 2.27 bits per heavy atom. The summed E-state index contributed by atoms with van der Waals surface area (Å²) in [5, 5.41) is 0. The van der Waals surface area contributed by atoms with Gasteiger partial charge < -0.3 is 4.74 Å². The number of ether oxygens (including phenoxy) is 1. The van der Waals surface area contributed by atoms with Crippen LogP contribution in [-0.4, -0.2) is 17.9 Å². The molecule has 0 saturated heterocycles. The van der Waals surface area contributed by atoms with Crippen molar-refractivity contribution in [3.05, 3.63) is 65.7 Å². The number of hydrogen-bond acceptors (Lipinski definition) is 3. The second kappa shape index (κ2) is 7.26. The molecule has 0 aliphatic carbocycles. The highest BCUT2D eigenvalue weighted by Crippen LogP contribution is 2.17. The van der Waals surface area contributed by atoms with E-state index in [4.69, 9.17) is 4.74 Å². The van der Waals surface area contributed by atoms with Gasteiger partial charge in [-0.3, -0.25) is 20.4 Å². The van der Waals surface area contributed by atoms with Crippen LogP contribution in [0.3, 0.4) is 0 Å². The molecule has 0 spiro atoms. The molecule has 0 saturated carbocycles. The van der Waals surface area contributed by atoms with Crippen molar-refractivity contribution in [2.75, 3.05) is 0 Å². The molecule has 1 atom stereocenters. The van der Waals surface area contributed by atoms with Crippen molar-refractivity contribution >= 4 is 11.8 Å². The molecule has 0 bridgehead atoms. The molecule has 0 radical (unpaired) electrons. The summed E-state index contributed by atoms with van der Waals surface area (Å²) in [5.74, 6) is -0.163. The number of carbonyl (C=O) groups excluding carboxylic acids is 2. The van der Waals surface area contributed by atoms with E-state index in [0.29, 0.717) is 11.3 Å². The lowest BCUT2D eigenvalue weighted by Gasteiger charge is -2.16. The van der Waals surface area contributed by atoms with E-state index in [9.17, 15) is 9.59 Å². The van der Waals surface area contributed by atoms with Crippen LogP contribution < -0.4 is 15.6 Å². The second-order valence-electron chi connectivity index (χ2n) is 4.83. The van der Waals surface area contributed by atoms with Crippen LogP contribution >= 0.6 is 0 Å². The lowest BCUT2D eigenvalue weighted by atomic mass is 10.2. The molecule has 2 aromatic carbocycles. The summed E-state index contributed by atoms with van der Waals surface area (Å²) < 4.78 is 5.58. The van der Waals surface area contributed by atoms with Crippen molar-refractivity contribution in [1.29, 1.82) is 0 Å². The largest absolute Gasteiger partial charge is 0.481 e. The molecule has 2 N–H and O–H groups in total. The van der Waals surface area contributed by atoms with Gasteiger partial charge in [-0.2, -0.15) is 0 Å². The summed E-state index contributed by atoms with van der Waals surface area (Å²) >= 11 is 0. The van der Waals surface area contributed by atoms with Gasteiger partial charge in [0.2, 0.25) is 0 Å². The Morgan fingerprint density at radius 2 is 1.59 bits per heavy atom. The first-order valence-corrected chi connectivity index (χ1v) is 6.95. The lowest BCUT2D eigenvalue weighted by molar-refractivity contribution is -0.128. The molecule has 2 aromatic rings. The standard InChI is InChI=1S/C17H18N2O3/c1-12-8-6-7-11-15(12)22-13(2)16(20)18-19-17(21)14-9-4-3-5-10-14/h3-11,13H,1-2H3,(H,18,20)(H,19,21). The number of carbonyl (C=O) groups is 2. The maximum Gasteiger partial charge on any atom is 0.279 e. The van der Waals surface area contributed by atoms with Crippen molar-refractivity contribution in [3.63, 3.8) is 0 Å². The summed E-state index contributed by atoms with van der Waals surface area (Å²) in [6.45, 7) is 3.52. The maximum atomic E-state index is 11.9. The van der Waals surface area contributed by atoms with E-state index in [1.54, 1.807) is 37.3 Å². The number of aryl methyl sites for hydroxylation is 1. The molecule has 0 fully saturated rings. The average Bonchev–Trinajstić information content (AvgIpc) is 2.55. The third kappa shape index (κ3) is 4.09. The van der Waals surface area contributed by atoms with Gasteiger partial charge in [0.15, 0.2) is 6.10 Å². The highest BCUT2D eigenvalue weighted by Gasteiger charge is 2.16. The molecule has 114 valence electrons. The van der Waals surface area contributed by atoms with Crippen molar-refractivity contribution in [1.82, 2.24) is 10.9 Å². The van der Waals surface area contributed by atoms with Crippen molar-refractivity contribution in [2.45, 2.75) is 20.0 Å². The number of benzene rings is 2. The molecule has 1 unspecified atom stereocenters. The van der Waals surface area contributed by atoms with Crippen molar-refractivity contribution in [3.8, 4) is 5.75 Å². The molecule has 0 aromatic heterocycles. The SMILES string of the molecule is Cc1ccccc1OC(C)C(=O)NNC(=O)c1ccccc1. The Bertz CT molecular complexity index is 656. The van der Waals surface area contributed by atoms with Gasteiger partial charge in [0, 0.05) is 5.56 Å². The molecule has 2 amide bonds. The van der Waals surface area contributed by atoms with E-state index in [2.05, 4.69) is 10.9 Å². The summed E-state index contributed by atoms with van der Waals surface area (Å²) in [6, 6.07) is 16.1. The van der Waals surface area contributed by atoms with E-state index < -0.39 is 12.0 Å². The Kier molecular flexibility index (Phi) is 5.14. The Hall–Kier alpha value is -2.82. The summed E-state index contributed by atoms with van der Waals surface area (Å²) in [5.41, 5.74) is 6.13. The van der Waals surface area contributed by atoms with Gasteiger partial charge >= 0.3 is 0 Å². The second-order valence-corrected chi connectivity index (χ2v) is 4.83. The van der Waals surface area contributed by atoms with Crippen molar-refractivity contribution < 1.29 is 14.3 Å². The molecule has 0 heterocycles. The quantitative estimate of drug-likeness (QED) is 0.851. The zero-order valence-corrected chi connectivity index (χ0v) is 12.5. The number of amides is 2. The van der Waals surface area contributed by atoms with E-state index in [1.807, 2.05) is 31.2 Å². The predicted octanol–water partition coefficient (Wildman–Crippen LogP) is 2.22. The van der Waals surface area contributed by atoms with Gasteiger partial charge in [-0.05, 0) is 37.6 Å². The number of hydrogen-bond donors (Lipinski definition) is 2. The average molecular weight is 298 g/mol. The molecular weight excluding hydrogens is 280 g/mol. The topological polar surface area (TPSA) is 67.4 Å². The van der Waals surface area contributed by atoms with Gasteiger partial charge in [-0.1, -0.05) is 36.4 Å². The molecule has 5 nitrogen and oxygen atoms in total. The fraction of sp³-hybridized carbons (Fsp3) is 0.176. The van der Waals surface area contributed by atoms with Crippen LogP contribution in [0.5, 0.6) is 5.75 Å². The number of para-hydroxylation sites is 1. The van der Waals surface area contributed by atoms with Crippen LogP contribution in [0.25, 0.3) is 0 Å². The molecule has 2 rings (SSSR count).